The second-order valence-electron chi connectivity index (χ2n) is 8.68. The van der Waals surface area contributed by atoms with Crippen LogP contribution in [0, 0.1) is 0 Å². The lowest BCUT2D eigenvalue weighted by Gasteiger charge is -2.34. The van der Waals surface area contributed by atoms with Crippen molar-refractivity contribution < 1.29 is 0 Å². The van der Waals surface area contributed by atoms with Gasteiger partial charge in [0.1, 0.15) is 0 Å². The molecule has 2 unspecified atom stereocenters. The molecule has 2 aromatic carbocycles. The first-order valence-electron chi connectivity index (χ1n) is 9.62. The van der Waals surface area contributed by atoms with Crippen LogP contribution in [-0.2, 0) is 6.54 Å². The van der Waals surface area contributed by atoms with Crippen molar-refractivity contribution >= 4 is 18.8 Å². The highest BCUT2D eigenvalue weighted by molar-refractivity contribution is 6.88. The molecule has 2 aliphatic rings. The average molecular weight is 348 g/mol. The summed E-state index contributed by atoms with van der Waals surface area (Å²) in [5, 5.41) is 1.56. The van der Waals surface area contributed by atoms with Gasteiger partial charge in [-0.3, -0.25) is 4.90 Å². The molecule has 0 spiro atoms. The summed E-state index contributed by atoms with van der Waals surface area (Å²) < 4.78 is 0. The third kappa shape index (κ3) is 3.51. The highest BCUT2D eigenvalue weighted by Gasteiger charge is 2.36. The Morgan fingerprint density at radius 1 is 0.920 bits per heavy atom. The Kier molecular flexibility index (Phi) is 4.43. The number of hydrogen-bond donors (Lipinski definition) is 0. The van der Waals surface area contributed by atoms with Gasteiger partial charge in [-0.1, -0.05) is 85.5 Å². The number of benzene rings is 2. The lowest BCUT2D eigenvalue weighted by atomic mass is 9.94. The van der Waals surface area contributed by atoms with Crippen molar-refractivity contribution in [2.24, 2.45) is 0 Å². The van der Waals surface area contributed by atoms with E-state index in [-0.39, 0.29) is 0 Å². The number of fused-ring (bicyclic) bond motifs is 2. The SMILES string of the molecule is C[Si](C)(C)c1ccc(C2=CC3CCC(C2)N3Cc2ccccc2)cc1. The molecule has 0 saturated carbocycles. The Balaban J connectivity index is 1.53. The Bertz CT molecular complexity index is 755. The largest absolute Gasteiger partial charge is 0.289 e. The summed E-state index contributed by atoms with van der Waals surface area (Å²) in [7, 11) is -1.20. The molecular weight excluding hydrogens is 318 g/mol. The standard InChI is InChI=1S/C23H29NSi/c1-25(2,3)23-13-9-19(10-14-23)20-15-21-11-12-22(16-20)24(21)17-18-7-5-4-6-8-18/h4-10,13-15,21-22H,11-12,16-17H2,1-3H3. The number of nitrogens with zero attached hydrogens (tertiary/aromatic N) is 1. The number of hydrogen-bond acceptors (Lipinski definition) is 1. The molecule has 2 heterocycles. The fraction of sp³-hybridized carbons (Fsp3) is 0.391. The van der Waals surface area contributed by atoms with Crippen molar-refractivity contribution in [2.45, 2.75) is 57.5 Å². The minimum atomic E-state index is -1.20. The Morgan fingerprint density at radius 3 is 2.28 bits per heavy atom. The first-order chi connectivity index (χ1) is 12.0. The molecule has 0 aromatic heterocycles. The van der Waals surface area contributed by atoms with Gasteiger partial charge in [-0.2, -0.15) is 0 Å². The Labute approximate surface area is 153 Å². The van der Waals surface area contributed by atoms with E-state index in [2.05, 4.69) is 85.2 Å². The molecule has 1 fully saturated rings. The molecule has 1 nitrogen and oxygen atoms in total. The molecule has 1 saturated heterocycles. The van der Waals surface area contributed by atoms with Crippen molar-refractivity contribution in [2.75, 3.05) is 0 Å². The summed E-state index contributed by atoms with van der Waals surface area (Å²) in [5.74, 6) is 0. The van der Waals surface area contributed by atoms with Crippen LogP contribution >= 0.6 is 0 Å². The van der Waals surface area contributed by atoms with Crippen LogP contribution in [0.15, 0.2) is 60.7 Å². The maximum atomic E-state index is 2.72. The molecule has 0 radical (unpaired) electrons. The van der Waals surface area contributed by atoms with Crippen LogP contribution in [0.25, 0.3) is 5.57 Å². The fourth-order valence-corrected chi connectivity index (χ4v) is 5.52. The average Bonchev–Trinajstić information content (AvgIpc) is 2.83. The molecule has 2 heteroatoms. The topological polar surface area (TPSA) is 3.24 Å². The zero-order chi connectivity index (χ0) is 17.4. The summed E-state index contributed by atoms with van der Waals surface area (Å²) in [4.78, 5) is 2.72. The minimum absolute atomic E-state index is 0.616. The second-order valence-corrected chi connectivity index (χ2v) is 13.8. The lowest BCUT2D eigenvalue weighted by Crippen LogP contribution is -2.38. The van der Waals surface area contributed by atoms with Gasteiger partial charge >= 0.3 is 0 Å². The van der Waals surface area contributed by atoms with Gasteiger partial charge in [-0.05, 0) is 36.0 Å². The predicted molar refractivity (Wildman–Crippen MR) is 111 cm³/mol. The van der Waals surface area contributed by atoms with E-state index in [0.717, 1.165) is 6.54 Å². The van der Waals surface area contributed by atoms with Gasteiger partial charge in [0.05, 0.1) is 8.07 Å². The number of rotatable bonds is 4. The Hall–Kier alpha value is -1.64. The van der Waals surface area contributed by atoms with E-state index in [4.69, 9.17) is 0 Å². The van der Waals surface area contributed by atoms with Crippen LogP contribution in [0.4, 0.5) is 0 Å². The van der Waals surface area contributed by atoms with Crippen molar-refractivity contribution in [1.29, 1.82) is 0 Å². The van der Waals surface area contributed by atoms with Crippen molar-refractivity contribution in [1.82, 2.24) is 4.90 Å². The van der Waals surface area contributed by atoms with E-state index in [1.807, 2.05) is 0 Å². The molecule has 2 atom stereocenters. The normalized spacial score (nSPS) is 23.6. The minimum Gasteiger partial charge on any atom is -0.289 e. The first kappa shape index (κ1) is 16.8. The highest BCUT2D eigenvalue weighted by atomic mass is 28.3. The van der Waals surface area contributed by atoms with E-state index in [9.17, 15) is 0 Å². The van der Waals surface area contributed by atoms with E-state index in [1.165, 1.54) is 30.4 Å². The zero-order valence-corrected chi connectivity index (χ0v) is 16.7. The summed E-state index contributed by atoms with van der Waals surface area (Å²) in [5.41, 5.74) is 4.45. The monoisotopic (exact) mass is 347 g/mol. The molecule has 0 aliphatic carbocycles. The smallest absolute Gasteiger partial charge is 0.0775 e. The molecule has 0 N–H and O–H groups in total. The summed E-state index contributed by atoms with van der Waals surface area (Å²) in [6, 6.07) is 21.7. The van der Waals surface area contributed by atoms with Gasteiger partial charge in [0.25, 0.3) is 0 Å². The summed E-state index contributed by atoms with van der Waals surface area (Å²) in [6.07, 6.45) is 6.41. The van der Waals surface area contributed by atoms with Gasteiger partial charge in [0, 0.05) is 18.6 Å². The maximum absolute atomic E-state index is 2.72. The van der Waals surface area contributed by atoms with Crippen LogP contribution in [0.2, 0.25) is 19.6 Å². The van der Waals surface area contributed by atoms with Gasteiger partial charge < -0.3 is 0 Å². The highest BCUT2D eigenvalue weighted by Crippen LogP contribution is 2.39. The van der Waals surface area contributed by atoms with E-state index in [0.29, 0.717) is 12.1 Å². The second kappa shape index (κ2) is 6.58. The third-order valence-electron chi connectivity index (χ3n) is 5.87. The third-order valence-corrected chi connectivity index (χ3v) is 7.93. The van der Waals surface area contributed by atoms with E-state index < -0.39 is 8.07 Å². The molecule has 4 rings (SSSR count). The van der Waals surface area contributed by atoms with Gasteiger partial charge in [0.2, 0.25) is 0 Å². The molecule has 2 aliphatic heterocycles. The fourth-order valence-electron chi connectivity index (χ4n) is 4.36. The van der Waals surface area contributed by atoms with Crippen LogP contribution in [0.5, 0.6) is 0 Å². The zero-order valence-electron chi connectivity index (χ0n) is 15.7. The maximum Gasteiger partial charge on any atom is 0.0775 e. The van der Waals surface area contributed by atoms with Crippen LogP contribution < -0.4 is 5.19 Å². The van der Waals surface area contributed by atoms with Gasteiger partial charge in [-0.15, -0.1) is 0 Å². The summed E-state index contributed by atoms with van der Waals surface area (Å²) in [6.45, 7) is 8.35. The van der Waals surface area contributed by atoms with Crippen LogP contribution in [-0.4, -0.2) is 25.1 Å². The van der Waals surface area contributed by atoms with Gasteiger partial charge in [-0.25, -0.2) is 0 Å². The van der Waals surface area contributed by atoms with E-state index in [1.54, 1.807) is 10.8 Å². The van der Waals surface area contributed by atoms with Crippen LogP contribution in [0.3, 0.4) is 0 Å². The molecule has 130 valence electrons. The van der Waals surface area contributed by atoms with Crippen LogP contribution in [0.1, 0.15) is 30.4 Å². The molecular formula is C23H29NSi. The van der Waals surface area contributed by atoms with Crippen molar-refractivity contribution in [3.05, 3.63) is 71.8 Å². The van der Waals surface area contributed by atoms with E-state index >= 15 is 0 Å². The van der Waals surface area contributed by atoms with Crippen molar-refractivity contribution in [3.63, 3.8) is 0 Å². The predicted octanol–water partition coefficient (Wildman–Crippen LogP) is 5.05. The molecule has 25 heavy (non-hydrogen) atoms. The quantitative estimate of drug-likeness (QED) is 0.699. The first-order valence-corrected chi connectivity index (χ1v) is 13.1. The molecule has 2 aromatic rings. The molecule has 0 amide bonds. The van der Waals surface area contributed by atoms with Gasteiger partial charge in [0.15, 0.2) is 0 Å². The molecule has 2 bridgehead atoms. The van der Waals surface area contributed by atoms with Crippen molar-refractivity contribution in [3.8, 4) is 0 Å². The Morgan fingerprint density at radius 2 is 1.64 bits per heavy atom. The lowest BCUT2D eigenvalue weighted by molar-refractivity contribution is 0.203. The summed E-state index contributed by atoms with van der Waals surface area (Å²) >= 11 is 0.